The molecule has 0 unspecified atom stereocenters. The molecule has 0 spiro atoms. The maximum absolute atomic E-state index is 12.0. The fraction of sp³-hybridized carbons (Fsp3) is 0.111. The van der Waals surface area contributed by atoms with Crippen molar-refractivity contribution < 1.29 is 9.59 Å². The molecular formula is C18H17N3O2. The van der Waals surface area contributed by atoms with E-state index in [2.05, 4.69) is 10.9 Å². The number of nitrogens with zero attached hydrogens (tertiary/aromatic N) is 1. The number of fused-ring (bicyclic) bond motifs is 1. The number of amides is 2. The SMILES string of the molecule is Cc1cccc(C(=O)NNC(=O)Cn2ccc3ccccc32)c1. The molecule has 5 heteroatoms. The van der Waals surface area contributed by atoms with Gasteiger partial charge in [-0.25, -0.2) is 0 Å². The van der Waals surface area contributed by atoms with Gasteiger partial charge in [0.1, 0.15) is 6.54 Å². The highest BCUT2D eigenvalue weighted by Crippen LogP contribution is 2.14. The van der Waals surface area contributed by atoms with Crippen molar-refractivity contribution in [3.63, 3.8) is 0 Å². The zero-order chi connectivity index (χ0) is 16.2. The normalized spacial score (nSPS) is 10.5. The molecule has 1 aromatic heterocycles. The lowest BCUT2D eigenvalue weighted by atomic mass is 10.1. The summed E-state index contributed by atoms with van der Waals surface area (Å²) >= 11 is 0. The van der Waals surface area contributed by atoms with E-state index in [1.165, 1.54) is 0 Å². The van der Waals surface area contributed by atoms with E-state index in [1.807, 2.05) is 54.1 Å². The zero-order valence-electron chi connectivity index (χ0n) is 12.7. The lowest BCUT2D eigenvalue weighted by molar-refractivity contribution is -0.122. The average molecular weight is 307 g/mol. The second-order valence-electron chi connectivity index (χ2n) is 5.37. The van der Waals surface area contributed by atoms with Crippen molar-refractivity contribution in [3.05, 3.63) is 71.9 Å². The van der Waals surface area contributed by atoms with E-state index < -0.39 is 0 Å². The van der Waals surface area contributed by atoms with E-state index in [9.17, 15) is 9.59 Å². The third-order valence-corrected chi connectivity index (χ3v) is 3.59. The number of hydrogen-bond donors (Lipinski definition) is 2. The summed E-state index contributed by atoms with van der Waals surface area (Å²) in [5.41, 5.74) is 7.36. The number of para-hydroxylation sites is 1. The van der Waals surface area contributed by atoms with Crippen LogP contribution in [0.1, 0.15) is 15.9 Å². The van der Waals surface area contributed by atoms with E-state index in [1.54, 1.807) is 18.2 Å². The molecule has 3 aromatic rings. The molecule has 23 heavy (non-hydrogen) atoms. The summed E-state index contributed by atoms with van der Waals surface area (Å²) in [6, 6.07) is 17.0. The summed E-state index contributed by atoms with van der Waals surface area (Å²) in [7, 11) is 0. The van der Waals surface area contributed by atoms with Gasteiger partial charge in [0, 0.05) is 17.3 Å². The molecule has 3 rings (SSSR count). The van der Waals surface area contributed by atoms with Gasteiger partial charge in [-0.2, -0.15) is 0 Å². The fourth-order valence-electron chi connectivity index (χ4n) is 2.46. The molecule has 0 radical (unpaired) electrons. The van der Waals surface area contributed by atoms with Crippen molar-refractivity contribution in [3.8, 4) is 0 Å². The van der Waals surface area contributed by atoms with E-state index in [0.717, 1.165) is 16.5 Å². The second-order valence-corrected chi connectivity index (χ2v) is 5.37. The first kappa shape index (κ1) is 14.8. The minimum atomic E-state index is -0.334. The van der Waals surface area contributed by atoms with Crippen molar-refractivity contribution in [2.45, 2.75) is 13.5 Å². The maximum atomic E-state index is 12.0. The molecule has 0 aliphatic heterocycles. The first-order valence-electron chi connectivity index (χ1n) is 7.33. The molecule has 0 saturated heterocycles. The van der Waals surface area contributed by atoms with E-state index >= 15 is 0 Å². The summed E-state index contributed by atoms with van der Waals surface area (Å²) < 4.78 is 1.84. The van der Waals surface area contributed by atoms with Crippen LogP contribution in [0, 0.1) is 6.92 Å². The first-order chi connectivity index (χ1) is 11.1. The van der Waals surface area contributed by atoms with Crippen molar-refractivity contribution in [1.29, 1.82) is 0 Å². The van der Waals surface area contributed by atoms with Gasteiger partial charge in [-0.1, -0.05) is 35.9 Å². The summed E-state index contributed by atoms with van der Waals surface area (Å²) in [5.74, 6) is -0.619. The largest absolute Gasteiger partial charge is 0.338 e. The molecule has 0 atom stereocenters. The van der Waals surface area contributed by atoms with Gasteiger partial charge in [0.15, 0.2) is 0 Å². The lowest BCUT2D eigenvalue weighted by Gasteiger charge is -2.09. The van der Waals surface area contributed by atoms with Crippen molar-refractivity contribution >= 4 is 22.7 Å². The van der Waals surface area contributed by atoms with Crippen LogP contribution in [0.15, 0.2) is 60.8 Å². The van der Waals surface area contributed by atoms with Gasteiger partial charge in [0.05, 0.1) is 0 Å². The molecule has 0 aliphatic carbocycles. The highest BCUT2D eigenvalue weighted by molar-refractivity contribution is 5.95. The van der Waals surface area contributed by atoms with Crippen LogP contribution in [0.3, 0.4) is 0 Å². The number of carbonyl (C=O) groups is 2. The number of nitrogens with one attached hydrogen (secondary N) is 2. The molecule has 0 bridgehead atoms. The average Bonchev–Trinajstić information content (AvgIpc) is 2.96. The topological polar surface area (TPSA) is 63.1 Å². The molecule has 1 heterocycles. The Morgan fingerprint density at radius 2 is 1.83 bits per heavy atom. The van der Waals surface area contributed by atoms with Gasteiger partial charge in [-0.15, -0.1) is 0 Å². The number of rotatable bonds is 3. The van der Waals surface area contributed by atoms with Gasteiger partial charge >= 0.3 is 0 Å². The highest BCUT2D eigenvalue weighted by Gasteiger charge is 2.09. The Balaban J connectivity index is 1.60. The molecule has 0 aliphatic rings. The number of aromatic nitrogens is 1. The molecule has 0 saturated carbocycles. The Morgan fingerprint density at radius 1 is 1.00 bits per heavy atom. The predicted molar refractivity (Wildman–Crippen MR) is 88.7 cm³/mol. The van der Waals surface area contributed by atoms with Crippen molar-refractivity contribution in [1.82, 2.24) is 15.4 Å². The van der Waals surface area contributed by atoms with Crippen LogP contribution >= 0.6 is 0 Å². The van der Waals surface area contributed by atoms with Crippen LogP contribution in [0.5, 0.6) is 0 Å². The second kappa shape index (κ2) is 6.36. The Hall–Kier alpha value is -3.08. The Labute approximate surface area is 133 Å². The van der Waals surface area contributed by atoms with Gasteiger partial charge in [-0.05, 0) is 36.6 Å². The summed E-state index contributed by atoms with van der Waals surface area (Å²) in [5, 5.41) is 1.07. The van der Waals surface area contributed by atoms with Gasteiger partial charge < -0.3 is 4.57 Å². The molecule has 5 nitrogen and oxygen atoms in total. The van der Waals surface area contributed by atoms with Crippen LogP contribution in [0.2, 0.25) is 0 Å². The third kappa shape index (κ3) is 3.40. The zero-order valence-corrected chi connectivity index (χ0v) is 12.7. The predicted octanol–water partition coefficient (Wildman–Crippen LogP) is 2.41. The van der Waals surface area contributed by atoms with E-state index in [4.69, 9.17) is 0 Å². The van der Waals surface area contributed by atoms with Crippen LogP contribution in [0.4, 0.5) is 0 Å². The minimum Gasteiger partial charge on any atom is -0.338 e. The Morgan fingerprint density at radius 3 is 2.65 bits per heavy atom. The molecule has 116 valence electrons. The number of hydrogen-bond acceptors (Lipinski definition) is 2. The van der Waals surface area contributed by atoms with Crippen LogP contribution in [0.25, 0.3) is 10.9 Å². The molecular weight excluding hydrogens is 290 g/mol. The standard InChI is InChI=1S/C18H17N3O2/c1-13-5-4-7-15(11-13)18(23)20-19-17(22)12-21-10-9-14-6-2-3-8-16(14)21/h2-11H,12H2,1H3,(H,19,22)(H,20,23). The Kier molecular flexibility index (Phi) is 4.10. The van der Waals surface area contributed by atoms with Crippen LogP contribution < -0.4 is 10.9 Å². The summed E-state index contributed by atoms with van der Waals surface area (Å²) in [6.45, 7) is 2.05. The summed E-state index contributed by atoms with van der Waals surface area (Å²) in [6.07, 6.45) is 1.85. The van der Waals surface area contributed by atoms with Gasteiger partial charge in [0.25, 0.3) is 11.8 Å². The smallest absolute Gasteiger partial charge is 0.269 e. The minimum absolute atomic E-state index is 0.140. The Bertz CT molecular complexity index is 867. The quantitative estimate of drug-likeness (QED) is 0.730. The van der Waals surface area contributed by atoms with Crippen LogP contribution in [-0.4, -0.2) is 16.4 Å². The maximum Gasteiger partial charge on any atom is 0.269 e. The molecule has 2 amide bonds. The molecule has 2 aromatic carbocycles. The molecule has 0 fully saturated rings. The monoisotopic (exact) mass is 307 g/mol. The van der Waals surface area contributed by atoms with Crippen LogP contribution in [-0.2, 0) is 11.3 Å². The van der Waals surface area contributed by atoms with Gasteiger partial charge in [0.2, 0.25) is 0 Å². The number of benzene rings is 2. The number of carbonyl (C=O) groups excluding carboxylic acids is 2. The fourth-order valence-corrected chi connectivity index (χ4v) is 2.46. The van der Waals surface area contributed by atoms with Crippen molar-refractivity contribution in [2.75, 3.05) is 0 Å². The van der Waals surface area contributed by atoms with E-state index in [0.29, 0.717) is 5.56 Å². The molecule has 2 N–H and O–H groups in total. The number of aryl methyl sites for hydroxylation is 1. The third-order valence-electron chi connectivity index (χ3n) is 3.59. The summed E-state index contributed by atoms with van der Waals surface area (Å²) in [4.78, 5) is 24.0. The van der Waals surface area contributed by atoms with E-state index in [-0.39, 0.29) is 18.4 Å². The van der Waals surface area contributed by atoms with Crippen molar-refractivity contribution in [2.24, 2.45) is 0 Å². The highest BCUT2D eigenvalue weighted by atomic mass is 16.2. The lowest BCUT2D eigenvalue weighted by Crippen LogP contribution is -2.43. The number of hydrazine groups is 1. The first-order valence-corrected chi connectivity index (χ1v) is 7.33. The van der Waals surface area contributed by atoms with Gasteiger partial charge in [-0.3, -0.25) is 20.4 Å².